The van der Waals surface area contributed by atoms with E-state index in [1.165, 1.54) is 11.3 Å². The lowest BCUT2D eigenvalue weighted by atomic mass is 9.94. The van der Waals surface area contributed by atoms with Crippen molar-refractivity contribution in [1.29, 1.82) is 0 Å². The van der Waals surface area contributed by atoms with E-state index in [-0.39, 0.29) is 5.92 Å². The summed E-state index contributed by atoms with van der Waals surface area (Å²) in [6.07, 6.45) is 3.91. The van der Waals surface area contributed by atoms with Gasteiger partial charge in [0.25, 0.3) is 5.91 Å². The topological polar surface area (TPSA) is 103 Å². The zero-order chi connectivity index (χ0) is 20.2. The number of aromatic nitrogens is 1. The second kappa shape index (κ2) is 7.14. The summed E-state index contributed by atoms with van der Waals surface area (Å²) in [5, 5.41) is 3.09. The van der Waals surface area contributed by atoms with E-state index in [0.717, 1.165) is 53.6 Å². The number of rotatable bonds is 5. The van der Waals surface area contributed by atoms with Crippen molar-refractivity contribution in [3.63, 3.8) is 0 Å². The molecule has 0 radical (unpaired) electrons. The lowest BCUT2D eigenvalue weighted by molar-refractivity contribution is 0.100. The van der Waals surface area contributed by atoms with Crippen LogP contribution in [0.25, 0.3) is 22.0 Å². The third kappa shape index (κ3) is 3.60. The lowest BCUT2D eigenvalue weighted by Crippen LogP contribution is -2.35. The molecule has 5 rings (SSSR count). The highest BCUT2D eigenvalue weighted by molar-refractivity contribution is 8.24. The van der Waals surface area contributed by atoms with Gasteiger partial charge in [0, 0.05) is 40.4 Å². The predicted octanol–water partition coefficient (Wildman–Crippen LogP) is 4.44. The van der Waals surface area contributed by atoms with Crippen molar-refractivity contribution in [1.82, 2.24) is 9.88 Å². The zero-order valence-electron chi connectivity index (χ0n) is 16.1. The number of nitrogens with one attached hydrogen (secondary N) is 1. The Hall–Kier alpha value is -1.84. The minimum atomic E-state index is -2.49. The Labute approximate surface area is 175 Å². The molecule has 1 aromatic carbocycles. The molecule has 0 aliphatic carbocycles. The maximum atomic E-state index is 12.2. The molecular formula is C21H25N3O3S2. The van der Waals surface area contributed by atoms with E-state index in [9.17, 15) is 13.9 Å². The molecule has 3 aromatic rings. The summed E-state index contributed by atoms with van der Waals surface area (Å²) < 4.78 is 20.1. The van der Waals surface area contributed by atoms with Crippen LogP contribution in [0.15, 0.2) is 29.8 Å². The highest BCUT2D eigenvalue weighted by Crippen LogP contribution is 2.52. The average Bonchev–Trinajstić information content (AvgIpc) is 3.34. The van der Waals surface area contributed by atoms with Crippen LogP contribution >= 0.6 is 21.9 Å². The number of thiophene rings is 1. The van der Waals surface area contributed by atoms with E-state index in [1.807, 2.05) is 12.3 Å². The Morgan fingerprint density at radius 3 is 2.76 bits per heavy atom. The molecule has 154 valence electrons. The highest BCUT2D eigenvalue weighted by Gasteiger charge is 2.31. The molecule has 29 heavy (non-hydrogen) atoms. The molecule has 1 unspecified atom stereocenters. The monoisotopic (exact) mass is 431 g/mol. The van der Waals surface area contributed by atoms with Crippen molar-refractivity contribution in [2.45, 2.75) is 25.3 Å². The minimum absolute atomic E-state index is 0.0779. The summed E-state index contributed by atoms with van der Waals surface area (Å²) in [4.78, 5) is 19.1. The molecule has 8 heteroatoms. The Morgan fingerprint density at radius 2 is 2.10 bits per heavy atom. The Balaban J connectivity index is 1.55. The Kier molecular flexibility index (Phi) is 4.71. The van der Waals surface area contributed by atoms with Crippen LogP contribution in [-0.2, 0) is 6.54 Å². The first-order valence-electron chi connectivity index (χ1n) is 9.88. The van der Waals surface area contributed by atoms with Crippen LogP contribution in [0.3, 0.4) is 0 Å². The first-order valence-corrected chi connectivity index (χ1v) is 12.6. The number of H-pyrrole nitrogens is 1. The van der Waals surface area contributed by atoms with Crippen molar-refractivity contribution >= 4 is 38.7 Å². The molecule has 1 amide bonds. The largest absolute Gasteiger partial charge is 0.366 e. The van der Waals surface area contributed by atoms with Crippen molar-refractivity contribution < 1.29 is 13.9 Å². The minimum Gasteiger partial charge on any atom is -0.366 e. The number of nitrogens with zero attached hydrogens (tertiary/aromatic N) is 1. The van der Waals surface area contributed by atoms with E-state index < -0.39 is 16.5 Å². The van der Waals surface area contributed by atoms with Gasteiger partial charge in [0.2, 0.25) is 0 Å². The summed E-state index contributed by atoms with van der Waals surface area (Å²) in [5.41, 5.74) is 10.0. The van der Waals surface area contributed by atoms with Crippen molar-refractivity contribution in [3.05, 3.63) is 45.8 Å². The molecule has 1 atom stereocenters. The molecule has 2 saturated heterocycles. The number of hydrogen-bond acceptors (Lipinski definition) is 5. The van der Waals surface area contributed by atoms with Gasteiger partial charge in [0.15, 0.2) is 0 Å². The van der Waals surface area contributed by atoms with Gasteiger partial charge >= 0.3 is 0 Å². The first kappa shape index (κ1) is 19.1. The number of primary amides is 1. The van der Waals surface area contributed by atoms with Crippen LogP contribution in [0.2, 0.25) is 0 Å². The molecule has 6 nitrogen and oxygen atoms in total. The molecule has 5 N–H and O–H groups in total. The normalized spacial score (nSPS) is 22.6. The summed E-state index contributed by atoms with van der Waals surface area (Å²) in [6.45, 7) is 3.31. The quantitative estimate of drug-likeness (QED) is 0.479. The molecule has 4 heterocycles. The molecule has 2 aliphatic heterocycles. The number of carbonyl (C=O) groups excluding carboxylic acids is 1. The fourth-order valence-corrected chi connectivity index (χ4v) is 7.15. The van der Waals surface area contributed by atoms with Crippen LogP contribution < -0.4 is 5.73 Å². The van der Waals surface area contributed by atoms with Crippen LogP contribution in [0.5, 0.6) is 0 Å². The number of benzene rings is 1. The van der Waals surface area contributed by atoms with Gasteiger partial charge in [-0.3, -0.25) is 18.8 Å². The van der Waals surface area contributed by atoms with Gasteiger partial charge in [-0.05, 0) is 66.2 Å². The van der Waals surface area contributed by atoms with Gasteiger partial charge in [-0.15, -0.1) is 11.3 Å². The van der Waals surface area contributed by atoms with Crippen molar-refractivity contribution in [2.75, 3.05) is 24.6 Å². The fourth-order valence-electron chi connectivity index (χ4n) is 4.39. The second-order valence-electron chi connectivity index (χ2n) is 8.14. The zero-order valence-corrected chi connectivity index (χ0v) is 17.7. The number of amides is 1. The van der Waals surface area contributed by atoms with Gasteiger partial charge in [0.05, 0.1) is 11.1 Å². The molecule has 2 aliphatic rings. The molecule has 2 fully saturated rings. The van der Waals surface area contributed by atoms with Crippen LogP contribution in [-0.4, -0.2) is 49.5 Å². The number of aromatic amines is 1. The predicted molar refractivity (Wildman–Crippen MR) is 120 cm³/mol. The smallest absolute Gasteiger partial charge is 0.250 e. The summed E-state index contributed by atoms with van der Waals surface area (Å²) >= 11 is 1.74. The fraction of sp³-hybridized carbons (Fsp3) is 0.381. The third-order valence-corrected chi connectivity index (χ3v) is 8.85. The lowest BCUT2D eigenvalue weighted by Gasteiger charge is -2.29. The maximum absolute atomic E-state index is 12.2. The van der Waals surface area contributed by atoms with E-state index in [2.05, 4.69) is 27.4 Å². The molecule has 0 bridgehead atoms. The molecule has 2 aromatic heterocycles. The van der Waals surface area contributed by atoms with Gasteiger partial charge in [-0.2, -0.15) is 10.6 Å². The van der Waals surface area contributed by atoms with E-state index in [1.54, 1.807) is 11.3 Å². The maximum Gasteiger partial charge on any atom is 0.250 e. The van der Waals surface area contributed by atoms with Crippen LogP contribution in [0.1, 0.15) is 39.6 Å². The van der Waals surface area contributed by atoms with E-state index >= 15 is 0 Å². The highest BCUT2D eigenvalue weighted by atomic mass is 32.3. The molecule has 0 saturated carbocycles. The number of likely N-dealkylation sites (tertiary alicyclic amines) is 1. The average molecular weight is 432 g/mol. The summed E-state index contributed by atoms with van der Waals surface area (Å²) in [6, 6.07) is 6.17. The van der Waals surface area contributed by atoms with Gasteiger partial charge in [-0.1, -0.05) is 0 Å². The first-order chi connectivity index (χ1) is 13.9. The summed E-state index contributed by atoms with van der Waals surface area (Å²) in [5.74, 6) is 0.442. The Bertz CT molecular complexity index is 1080. The Morgan fingerprint density at radius 1 is 1.28 bits per heavy atom. The summed E-state index contributed by atoms with van der Waals surface area (Å²) in [7, 11) is -2.49. The van der Waals surface area contributed by atoms with Gasteiger partial charge < -0.3 is 10.7 Å². The number of carbonyl (C=O) groups is 1. The standard InChI is InChI=1S/C21H25N3O3S2/c22-21(25)18-8-14(15-6-16(28-11-15)10-24-3-1-4-24)7-17-19(9-23-20(17)18)13-2-5-29(26,27)12-13/h6-9,11,13,23,26-27H,1-5,10,12H2,(H2,22,25). The molecule has 0 spiro atoms. The van der Waals surface area contributed by atoms with Gasteiger partial charge in [-0.25, -0.2) is 0 Å². The second-order valence-corrected chi connectivity index (χ2v) is 11.5. The SMILES string of the molecule is NC(=O)c1cc(-c2csc(CN3CCC3)c2)cc2c(C3CCS(O)(O)C3)c[nH]c12. The number of fused-ring (bicyclic) bond motifs is 1. The van der Waals surface area contributed by atoms with E-state index in [0.29, 0.717) is 17.1 Å². The third-order valence-electron chi connectivity index (χ3n) is 6.10. The van der Waals surface area contributed by atoms with Crippen molar-refractivity contribution in [3.8, 4) is 11.1 Å². The van der Waals surface area contributed by atoms with Gasteiger partial charge in [0.1, 0.15) is 0 Å². The number of hydrogen-bond donors (Lipinski definition) is 4. The van der Waals surface area contributed by atoms with Crippen LogP contribution in [0.4, 0.5) is 0 Å². The van der Waals surface area contributed by atoms with Crippen molar-refractivity contribution in [2.24, 2.45) is 5.73 Å². The number of nitrogens with two attached hydrogens (primary N) is 1. The van der Waals surface area contributed by atoms with Crippen LogP contribution in [0, 0.1) is 0 Å². The van der Waals surface area contributed by atoms with E-state index in [4.69, 9.17) is 5.73 Å². The molecular weight excluding hydrogens is 406 g/mol.